The fourth-order valence-corrected chi connectivity index (χ4v) is 2.28. The fraction of sp³-hybridized carbons (Fsp3) is 0.467. The Hall–Kier alpha value is -1.42. The van der Waals surface area contributed by atoms with Crippen molar-refractivity contribution in [3.63, 3.8) is 0 Å². The molecule has 0 aliphatic rings. The van der Waals surface area contributed by atoms with Crippen LogP contribution >= 0.6 is 12.2 Å². The largest absolute Gasteiger partial charge is 0.286 e. The van der Waals surface area contributed by atoms with Crippen LogP contribution in [-0.2, 0) is 11.8 Å². The molecule has 0 aliphatic carbocycles. The average molecular weight is 275 g/mol. The number of hydrogen-bond donors (Lipinski definition) is 2. The van der Waals surface area contributed by atoms with Crippen molar-refractivity contribution in [3.8, 4) is 0 Å². The minimum Gasteiger partial charge on any atom is -0.286 e. The summed E-state index contributed by atoms with van der Waals surface area (Å²) in [5, 5.41) is 5.83. The molecule has 2 aromatic rings. The lowest BCUT2D eigenvalue weighted by Crippen LogP contribution is -2.11. The quantitative estimate of drug-likeness (QED) is 0.828. The van der Waals surface area contributed by atoms with E-state index in [9.17, 15) is 0 Å². The number of benzene rings is 1. The molecule has 4 heteroatoms. The van der Waals surface area contributed by atoms with Crippen LogP contribution in [0.5, 0.6) is 0 Å². The number of nitrogens with zero attached hydrogens (tertiary/aromatic N) is 1. The molecule has 1 atom stereocenters. The van der Waals surface area contributed by atoms with E-state index in [1.807, 2.05) is 0 Å². The summed E-state index contributed by atoms with van der Waals surface area (Å²) in [4.78, 5) is 4.24. The zero-order chi connectivity index (χ0) is 14.0. The van der Waals surface area contributed by atoms with Crippen molar-refractivity contribution in [3.05, 3.63) is 46.0 Å². The van der Waals surface area contributed by atoms with Crippen LogP contribution in [0.4, 0.5) is 0 Å². The third kappa shape index (κ3) is 3.53. The molecule has 0 radical (unpaired) electrons. The first-order chi connectivity index (χ1) is 8.86. The molecule has 0 amide bonds. The highest BCUT2D eigenvalue weighted by Crippen LogP contribution is 2.25. The summed E-state index contributed by atoms with van der Waals surface area (Å²) in [6.07, 6.45) is 0.863. The monoisotopic (exact) mass is 275 g/mol. The van der Waals surface area contributed by atoms with E-state index in [2.05, 4.69) is 67.1 Å². The zero-order valence-corrected chi connectivity index (χ0v) is 12.8. The van der Waals surface area contributed by atoms with Crippen LogP contribution in [0.15, 0.2) is 24.3 Å². The van der Waals surface area contributed by atoms with E-state index in [1.54, 1.807) is 0 Å². The molecule has 3 nitrogen and oxygen atoms in total. The summed E-state index contributed by atoms with van der Waals surface area (Å²) in [5.74, 6) is 1.33. The van der Waals surface area contributed by atoms with Crippen molar-refractivity contribution in [1.82, 2.24) is 15.2 Å². The Morgan fingerprint density at radius 1 is 1.16 bits per heavy atom. The molecule has 1 unspecified atom stereocenters. The van der Waals surface area contributed by atoms with Crippen molar-refractivity contribution < 1.29 is 0 Å². The maximum Gasteiger partial charge on any atom is 0.213 e. The lowest BCUT2D eigenvalue weighted by atomic mass is 9.85. The van der Waals surface area contributed by atoms with E-state index in [0.717, 1.165) is 12.2 Å². The first-order valence-electron chi connectivity index (χ1n) is 6.60. The van der Waals surface area contributed by atoms with Gasteiger partial charge in [-0.3, -0.25) is 10.2 Å². The second-order valence-corrected chi connectivity index (χ2v) is 6.48. The van der Waals surface area contributed by atoms with Crippen LogP contribution in [0, 0.1) is 4.77 Å². The van der Waals surface area contributed by atoms with Crippen molar-refractivity contribution in [2.24, 2.45) is 0 Å². The Kier molecular flexibility index (Phi) is 3.90. The second-order valence-electron chi connectivity index (χ2n) is 6.09. The molecule has 0 spiro atoms. The SMILES string of the molecule is CC(Cc1nc(=S)[nH][nH]1)c1ccc(C(C)(C)C)cc1. The predicted octanol–water partition coefficient (Wildman–Crippen LogP) is 4.11. The number of aromatic amines is 2. The van der Waals surface area contributed by atoms with Crippen LogP contribution in [-0.4, -0.2) is 15.2 Å². The molecule has 0 saturated carbocycles. The Morgan fingerprint density at radius 3 is 2.26 bits per heavy atom. The molecule has 1 heterocycles. The summed E-state index contributed by atoms with van der Waals surface area (Å²) in [7, 11) is 0. The summed E-state index contributed by atoms with van der Waals surface area (Å²) in [6.45, 7) is 8.90. The Morgan fingerprint density at radius 2 is 1.79 bits per heavy atom. The third-order valence-corrected chi connectivity index (χ3v) is 3.59. The van der Waals surface area contributed by atoms with Crippen LogP contribution in [0.25, 0.3) is 0 Å². The van der Waals surface area contributed by atoms with Gasteiger partial charge in [-0.1, -0.05) is 52.0 Å². The van der Waals surface area contributed by atoms with Gasteiger partial charge in [-0.05, 0) is 34.7 Å². The summed E-state index contributed by atoms with van der Waals surface area (Å²) in [6, 6.07) is 8.87. The summed E-state index contributed by atoms with van der Waals surface area (Å²) >= 11 is 4.96. The summed E-state index contributed by atoms with van der Waals surface area (Å²) < 4.78 is 0.519. The highest BCUT2D eigenvalue weighted by Gasteiger charge is 2.14. The van der Waals surface area contributed by atoms with Gasteiger partial charge in [-0.25, -0.2) is 4.98 Å². The maximum atomic E-state index is 4.96. The molecular formula is C15H21N3S. The number of hydrogen-bond acceptors (Lipinski definition) is 2. The van der Waals surface area contributed by atoms with E-state index >= 15 is 0 Å². The first-order valence-corrected chi connectivity index (χ1v) is 7.01. The Balaban J connectivity index is 2.11. The van der Waals surface area contributed by atoms with Crippen LogP contribution in [0.2, 0.25) is 0 Å². The zero-order valence-electron chi connectivity index (χ0n) is 11.9. The van der Waals surface area contributed by atoms with Crippen molar-refractivity contribution in [2.75, 3.05) is 0 Å². The molecule has 1 aromatic carbocycles. The Bertz CT molecular complexity index is 587. The minimum atomic E-state index is 0.203. The average Bonchev–Trinajstić information content (AvgIpc) is 2.74. The number of rotatable bonds is 3. The van der Waals surface area contributed by atoms with E-state index in [4.69, 9.17) is 12.2 Å². The highest BCUT2D eigenvalue weighted by molar-refractivity contribution is 7.71. The Labute approximate surface area is 119 Å². The number of H-pyrrole nitrogens is 2. The van der Waals surface area contributed by atoms with Crippen molar-refractivity contribution in [2.45, 2.75) is 45.4 Å². The van der Waals surface area contributed by atoms with Crippen LogP contribution in [0.1, 0.15) is 50.6 Å². The van der Waals surface area contributed by atoms with Gasteiger partial charge < -0.3 is 0 Å². The molecule has 2 rings (SSSR count). The lowest BCUT2D eigenvalue weighted by Gasteiger charge is -2.20. The summed E-state index contributed by atoms with van der Waals surface area (Å²) in [5.41, 5.74) is 2.90. The topological polar surface area (TPSA) is 44.5 Å². The molecule has 0 bridgehead atoms. The molecule has 0 saturated heterocycles. The molecule has 102 valence electrons. The highest BCUT2D eigenvalue weighted by atomic mass is 32.1. The van der Waals surface area contributed by atoms with Crippen LogP contribution in [0.3, 0.4) is 0 Å². The van der Waals surface area contributed by atoms with Gasteiger partial charge in [0.25, 0.3) is 0 Å². The van der Waals surface area contributed by atoms with Crippen molar-refractivity contribution >= 4 is 12.2 Å². The standard InChI is InChI=1S/C15H21N3S/c1-10(9-13-16-14(19)18-17-13)11-5-7-12(8-6-11)15(2,3)4/h5-8,10H,9H2,1-4H3,(H2,16,17,18,19). The number of nitrogens with one attached hydrogen (secondary N) is 2. The van der Waals surface area contributed by atoms with E-state index < -0.39 is 0 Å². The van der Waals surface area contributed by atoms with Gasteiger partial charge in [0.05, 0.1) is 0 Å². The normalized spacial score (nSPS) is 13.5. The molecule has 0 fully saturated rings. The lowest BCUT2D eigenvalue weighted by molar-refractivity contribution is 0.589. The van der Waals surface area contributed by atoms with E-state index in [0.29, 0.717) is 10.7 Å². The smallest absolute Gasteiger partial charge is 0.213 e. The predicted molar refractivity (Wildman–Crippen MR) is 81.0 cm³/mol. The number of aromatic nitrogens is 3. The van der Waals surface area contributed by atoms with Gasteiger partial charge in [0.15, 0.2) is 0 Å². The minimum absolute atomic E-state index is 0.203. The second kappa shape index (κ2) is 5.29. The van der Waals surface area contributed by atoms with Gasteiger partial charge in [0.2, 0.25) is 4.77 Å². The van der Waals surface area contributed by atoms with E-state index in [1.165, 1.54) is 11.1 Å². The van der Waals surface area contributed by atoms with Gasteiger partial charge in [0.1, 0.15) is 5.82 Å². The molecule has 2 N–H and O–H groups in total. The fourth-order valence-electron chi connectivity index (χ4n) is 2.12. The first kappa shape index (κ1) is 14.0. The van der Waals surface area contributed by atoms with Gasteiger partial charge >= 0.3 is 0 Å². The molecule has 1 aromatic heterocycles. The van der Waals surface area contributed by atoms with Gasteiger partial charge in [-0.15, -0.1) is 0 Å². The van der Waals surface area contributed by atoms with Gasteiger partial charge in [0, 0.05) is 6.42 Å². The van der Waals surface area contributed by atoms with E-state index in [-0.39, 0.29) is 5.41 Å². The van der Waals surface area contributed by atoms with Crippen molar-refractivity contribution in [1.29, 1.82) is 0 Å². The third-order valence-electron chi connectivity index (χ3n) is 3.40. The molecular weight excluding hydrogens is 254 g/mol. The maximum absolute atomic E-state index is 4.96. The van der Waals surface area contributed by atoms with Gasteiger partial charge in [-0.2, -0.15) is 0 Å². The molecule has 0 aliphatic heterocycles. The van der Waals surface area contributed by atoms with Crippen LogP contribution < -0.4 is 0 Å². The molecule has 19 heavy (non-hydrogen) atoms.